The van der Waals surface area contributed by atoms with Crippen molar-refractivity contribution >= 4 is 28.3 Å². The van der Waals surface area contributed by atoms with Crippen LogP contribution in [0.25, 0.3) is 0 Å². The Morgan fingerprint density at radius 3 is 1.45 bits per heavy atom. The Hall–Kier alpha value is -0.760. The van der Waals surface area contributed by atoms with Crippen LogP contribution in [0.4, 0.5) is 0 Å². The summed E-state index contributed by atoms with van der Waals surface area (Å²) in [6.45, 7) is 2.24. The van der Waals surface area contributed by atoms with Crippen LogP contribution in [0.15, 0.2) is 0 Å². The maximum atomic E-state index is 10.3. The van der Waals surface area contributed by atoms with Gasteiger partial charge in [-0.3, -0.25) is 13.8 Å². The summed E-state index contributed by atoms with van der Waals surface area (Å²) in [7, 11) is -4.48. The van der Waals surface area contributed by atoms with E-state index in [4.69, 9.17) is 20.4 Å². The molecule has 0 spiro atoms. The summed E-state index contributed by atoms with van der Waals surface area (Å²) in [6, 6.07) is 0. The van der Waals surface area contributed by atoms with Crippen molar-refractivity contribution in [1.29, 1.82) is 0 Å². The third kappa shape index (κ3) is 25.4. The third-order valence-corrected chi connectivity index (χ3v) is 4.47. The Morgan fingerprint density at radius 2 is 1.16 bits per heavy atom. The smallest absolute Gasteiger partial charge is 0.726 e. The summed E-state index contributed by atoms with van der Waals surface area (Å²) in [5, 5.41) is 33.8. The van der Waals surface area contributed by atoms with E-state index < -0.39 is 46.7 Å². The molecular weight excluding hydrogens is 447 g/mol. The molecule has 31 heavy (non-hydrogen) atoms. The van der Waals surface area contributed by atoms with Crippen LogP contribution in [0, 0.1) is 0 Å². The van der Waals surface area contributed by atoms with Crippen LogP contribution in [0.3, 0.4) is 0 Å². The summed E-state index contributed by atoms with van der Waals surface area (Å²) in [5.74, 6) is -5.02. The molecule has 0 aromatic rings. The second-order valence-corrected chi connectivity index (χ2v) is 7.94. The zero-order valence-electron chi connectivity index (χ0n) is 18.2. The van der Waals surface area contributed by atoms with Crippen molar-refractivity contribution in [3.63, 3.8) is 0 Å². The van der Waals surface area contributed by atoms with Crippen LogP contribution in [0.2, 0.25) is 0 Å². The maximum Gasteiger partial charge on any atom is 1.00 e. The van der Waals surface area contributed by atoms with Crippen molar-refractivity contribution in [3.8, 4) is 0 Å². The zero-order valence-corrected chi connectivity index (χ0v) is 21.1. The molecule has 0 fully saturated rings. The first-order valence-electron chi connectivity index (χ1n) is 9.83. The van der Waals surface area contributed by atoms with E-state index in [0.717, 1.165) is 12.8 Å². The third-order valence-electron chi connectivity index (χ3n) is 4.01. The van der Waals surface area contributed by atoms with E-state index in [9.17, 15) is 27.4 Å². The molecule has 0 aromatic heterocycles. The van der Waals surface area contributed by atoms with Crippen molar-refractivity contribution in [2.24, 2.45) is 0 Å². The zero-order chi connectivity index (χ0) is 23.6. The van der Waals surface area contributed by atoms with Gasteiger partial charge >= 0.3 is 47.5 Å². The predicted octanol–water partition coefficient (Wildman–Crippen LogP) is -0.860. The molecule has 0 aliphatic carbocycles. The number of aliphatic hydroxyl groups is 1. The molecule has 0 bridgehead atoms. The first kappa shape index (κ1) is 34.8. The summed E-state index contributed by atoms with van der Waals surface area (Å²) in [5.41, 5.74) is -2.74. The molecule has 4 N–H and O–H groups in total. The maximum absolute atomic E-state index is 10.3. The molecule has 0 heterocycles. The Kier molecular flexibility index (Phi) is 22.4. The van der Waals surface area contributed by atoms with E-state index >= 15 is 0 Å². The molecule has 0 saturated heterocycles. The summed E-state index contributed by atoms with van der Waals surface area (Å²) >= 11 is 0. The van der Waals surface area contributed by atoms with Gasteiger partial charge in [-0.2, -0.15) is 0 Å². The second-order valence-electron chi connectivity index (χ2n) is 6.89. The van der Waals surface area contributed by atoms with E-state index in [1.807, 2.05) is 0 Å². The van der Waals surface area contributed by atoms with E-state index in [0.29, 0.717) is 6.42 Å². The van der Waals surface area contributed by atoms with E-state index in [-0.39, 0.29) is 36.2 Å². The van der Waals surface area contributed by atoms with Gasteiger partial charge in [-0.05, 0) is 6.42 Å². The van der Waals surface area contributed by atoms with Crippen molar-refractivity contribution < 1.29 is 81.5 Å². The molecule has 11 nitrogen and oxygen atoms in total. The van der Waals surface area contributed by atoms with Crippen molar-refractivity contribution in [2.75, 3.05) is 6.61 Å². The molecule has 0 atom stereocenters. The van der Waals surface area contributed by atoms with Gasteiger partial charge in [0.1, 0.15) is 0 Å². The molecule has 0 rings (SSSR count). The number of unbranched alkanes of at least 4 members (excludes halogenated alkanes) is 9. The normalized spacial score (nSPS) is 11.1. The number of carboxylic acids is 3. The second kappa shape index (κ2) is 19.9. The van der Waals surface area contributed by atoms with Gasteiger partial charge in [-0.1, -0.05) is 64.7 Å². The molecule has 0 amide bonds. The number of carbonyl (C=O) groups is 3. The van der Waals surface area contributed by atoms with Crippen molar-refractivity contribution in [1.82, 2.24) is 0 Å². The molecule has 0 saturated carbocycles. The molecule has 178 valence electrons. The molecule has 0 unspecified atom stereocenters. The average molecular weight is 481 g/mol. The van der Waals surface area contributed by atoms with Crippen LogP contribution in [0.5, 0.6) is 0 Å². The largest absolute Gasteiger partial charge is 1.00 e. The SMILES string of the molecule is CCCCCCCCCCCCOS(=O)(=O)[O-].O=C(O)CC(O)(CC(=O)O)C(=O)O.[Na+]. The van der Waals surface area contributed by atoms with Gasteiger partial charge in [-0.25, -0.2) is 13.2 Å². The fourth-order valence-electron chi connectivity index (χ4n) is 2.46. The predicted molar refractivity (Wildman–Crippen MR) is 105 cm³/mol. The van der Waals surface area contributed by atoms with E-state index in [1.54, 1.807) is 0 Å². The van der Waals surface area contributed by atoms with Crippen LogP contribution < -0.4 is 29.6 Å². The van der Waals surface area contributed by atoms with Gasteiger partial charge in [-0.15, -0.1) is 0 Å². The van der Waals surface area contributed by atoms with Gasteiger partial charge in [0, 0.05) is 0 Å². The fraction of sp³-hybridized carbons (Fsp3) is 0.833. The van der Waals surface area contributed by atoms with Crippen molar-refractivity contribution in [2.45, 2.75) is 89.6 Å². The summed E-state index contributed by atoms with van der Waals surface area (Å²) in [6.07, 6.45) is 9.41. The number of hydrogen-bond acceptors (Lipinski definition) is 8. The Balaban J connectivity index is -0.000000507. The Bertz CT molecular complexity index is 592. The van der Waals surface area contributed by atoms with Crippen molar-refractivity contribution in [3.05, 3.63) is 0 Å². The Labute approximate surface area is 205 Å². The first-order chi connectivity index (χ1) is 13.8. The summed E-state index contributed by atoms with van der Waals surface area (Å²) in [4.78, 5) is 30.5. The molecule has 0 radical (unpaired) electrons. The number of aliphatic carboxylic acids is 3. The Morgan fingerprint density at radius 1 is 0.806 bits per heavy atom. The topological polar surface area (TPSA) is 199 Å². The van der Waals surface area contributed by atoms with Gasteiger partial charge in [0.05, 0.1) is 19.4 Å². The van der Waals surface area contributed by atoms with Crippen LogP contribution in [-0.4, -0.2) is 63.5 Å². The van der Waals surface area contributed by atoms with Crippen LogP contribution in [0.1, 0.15) is 84.0 Å². The number of hydrogen-bond donors (Lipinski definition) is 4. The standard InChI is InChI=1S/C12H26O4S.C6H8O7.Na/c1-2-3-4-5-6-7-8-9-10-11-12-16-17(13,14)15;7-3(8)1-6(13,5(11)12)2-4(9)10;/h2-12H2,1H3,(H,13,14,15);13H,1-2H2,(H,7,8)(H,9,10)(H,11,12);/q;;+1/p-1. The first-order valence-corrected chi connectivity index (χ1v) is 11.2. The quantitative estimate of drug-likeness (QED) is 0.0874. The minimum Gasteiger partial charge on any atom is -0.726 e. The van der Waals surface area contributed by atoms with Gasteiger partial charge in [0.2, 0.25) is 10.4 Å². The van der Waals surface area contributed by atoms with Crippen LogP contribution in [-0.2, 0) is 29.0 Å². The van der Waals surface area contributed by atoms with Crippen LogP contribution >= 0.6 is 0 Å². The minimum atomic E-state index is -4.48. The minimum absolute atomic E-state index is 0. The summed E-state index contributed by atoms with van der Waals surface area (Å²) < 4.78 is 34.5. The average Bonchev–Trinajstić information content (AvgIpc) is 2.57. The fourth-order valence-corrected chi connectivity index (χ4v) is 2.79. The monoisotopic (exact) mass is 480 g/mol. The molecule has 0 aliphatic heterocycles. The number of rotatable bonds is 17. The molecule has 0 aliphatic rings. The van der Waals surface area contributed by atoms with Gasteiger partial charge in [0.15, 0.2) is 5.60 Å². The van der Waals surface area contributed by atoms with E-state index in [1.165, 1.54) is 44.9 Å². The molecule has 13 heteroatoms. The molecule has 0 aromatic carbocycles. The van der Waals surface area contributed by atoms with E-state index in [2.05, 4.69) is 11.1 Å². The van der Waals surface area contributed by atoms with Gasteiger partial charge in [0.25, 0.3) is 0 Å². The molecular formula is C18H33NaO11S. The van der Waals surface area contributed by atoms with Gasteiger partial charge < -0.3 is 25.0 Å². The number of carboxylic acid groups (broad SMARTS) is 3.